The molecule has 2 heterocycles. The summed E-state index contributed by atoms with van der Waals surface area (Å²) in [4.78, 5) is 15.6. The molecule has 1 aliphatic carbocycles. The van der Waals surface area contributed by atoms with Crippen LogP contribution in [-0.2, 0) is 9.53 Å². The number of hydrogen-bond donors (Lipinski definition) is 0. The summed E-state index contributed by atoms with van der Waals surface area (Å²) in [5.74, 6) is -0.0923. The van der Waals surface area contributed by atoms with Crippen molar-refractivity contribution in [3.63, 3.8) is 0 Å². The molecule has 0 N–H and O–H groups in total. The smallest absolute Gasteiger partial charge is 0.319 e. The molecular formula is C10H12N2O2S. The zero-order valence-corrected chi connectivity index (χ0v) is 9.07. The first-order valence-electron chi connectivity index (χ1n) is 5.21. The van der Waals surface area contributed by atoms with Gasteiger partial charge in [-0.15, -0.1) is 0 Å². The number of carbonyl (C=O) groups excluding carboxylic acids is 1. The molecule has 1 saturated carbocycles. The van der Waals surface area contributed by atoms with E-state index in [4.69, 9.17) is 4.74 Å². The van der Waals surface area contributed by atoms with E-state index in [2.05, 4.69) is 9.55 Å². The van der Waals surface area contributed by atoms with Crippen molar-refractivity contribution < 1.29 is 9.53 Å². The zero-order valence-electron chi connectivity index (χ0n) is 8.26. The molecule has 2 fully saturated rings. The van der Waals surface area contributed by atoms with Crippen molar-refractivity contribution in [3.8, 4) is 0 Å². The summed E-state index contributed by atoms with van der Waals surface area (Å²) in [5, 5.41) is 0.909. The van der Waals surface area contributed by atoms with Gasteiger partial charge in [0.25, 0.3) is 0 Å². The molecule has 1 aliphatic heterocycles. The summed E-state index contributed by atoms with van der Waals surface area (Å²) < 4.78 is 7.11. The predicted octanol–water partition coefficient (Wildman–Crippen LogP) is 1.63. The van der Waals surface area contributed by atoms with Gasteiger partial charge in [0, 0.05) is 24.9 Å². The number of ether oxygens (including phenoxy) is 1. The van der Waals surface area contributed by atoms with Gasteiger partial charge in [-0.3, -0.25) is 4.79 Å². The Morgan fingerprint density at radius 3 is 3.00 bits per heavy atom. The van der Waals surface area contributed by atoms with Gasteiger partial charge in [0.05, 0.1) is 6.61 Å². The maximum atomic E-state index is 11.3. The lowest BCUT2D eigenvalue weighted by Gasteiger charge is -2.07. The molecule has 1 saturated heterocycles. The van der Waals surface area contributed by atoms with Gasteiger partial charge < -0.3 is 9.30 Å². The van der Waals surface area contributed by atoms with Crippen molar-refractivity contribution in [1.29, 1.82) is 0 Å². The van der Waals surface area contributed by atoms with Crippen molar-refractivity contribution in [2.45, 2.75) is 35.7 Å². The van der Waals surface area contributed by atoms with E-state index in [0.717, 1.165) is 11.6 Å². The lowest BCUT2D eigenvalue weighted by atomic mass is 10.4. The van der Waals surface area contributed by atoms with E-state index in [9.17, 15) is 4.79 Å². The van der Waals surface area contributed by atoms with Crippen LogP contribution in [0, 0.1) is 0 Å². The van der Waals surface area contributed by atoms with Gasteiger partial charge >= 0.3 is 5.97 Å². The zero-order chi connectivity index (χ0) is 10.3. The van der Waals surface area contributed by atoms with E-state index in [-0.39, 0.29) is 11.2 Å². The third-order valence-corrected chi connectivity index (χ3v) is 3.95. The van der Waals surface area contributed by atoms with Gasteiger partial charge in [0.2, 0.25) is 0 Å². The van der Waals surface area contributed by atoms with E-state index in [1.807, 2.05) is 6.20 Å². The van der Waals surface area contributed by atoms with E-state index in [1.54, 1.807) is 6.20 Å². The molecule has 0 bridgehead atoms. The number of nitrogens with zero attached hydrogens (tertiary/aromatic N) is 2. The van der Waals surface area contributed by atoms with Crippen LogP contribution in [-0.4, -0.2) is 27.4 Å². The van der Waals surface area contributed by atoms with E-state index >= 15 is 0 Å². The highest BCUT2D eigenvalue weighted by Gasteiger charge is 2.31. The minimum absolute atomic E-state index is 0.0510. The predicted molar refractivity (Wildman–Crippen MR) is 55.7 cm³/mol. The minimum atomic E-state index is -0.0923. The van der Waals surface area contributed by atoms with Crippen LogP contribution in [0.4, 0.5) is 0 Å². The first-order chi connectivity index (χ1) is 7.34. The second kappa shape index (κ2) is 3.56. The molecule has 0 amide bonds. The molecule has 1 aromatic heterocycles. The van der Waals surface area contributed by atoms with Gasteiger partial charge in [-0.25, -0.2) is 4.98 Å². The van der Waals surface area contributed by atoms with Crippen molar-refractivity contribution in [2.75, 3.05) is 6.61 Å². The van der Waals surface area contributed by atoms with Gasteiger partial charge in [-0.1, -0.05) is 11.8 Å². The molecule has 80 valence electrons. The molecule has 2 aliphatic rings. The molecular weight excluding hydrogens is 212 g/mol. The number of cyclic esters (lactones) is 1. The SMILES string of the molecule is O=C1OCC[C@@H]1Sc1nccn1C1CC1. The maximum Gasteiger partial charge on any atom is 0.319 e. The Labute approximate surface area is 92.0 Å². The third-order valence-electron chi connectivity index (χ3n) is 2.71. The highest BCUT2D eigenvalue weighted by molar-refractivity contribution is 8.00. The van der Waals surface area contributed by atoms with Crippen molar-refractivity contribution >= 4 is 17.7 Å². The summed E-state index contributed by atoms with van der Waals surface area (Å²) in [5.41, 5.74) is 0. The lowest BCUT2D eigenvalue weighted by molar-refractivity contribution is -0.137. The molecule has 1 aromatic rings. The third kappa shape index (κ3) is 1.76. The Bertz CT molecular complexity index is 387. The first-order valence-corrected chi connectivity index (χ1v) is 6.08. The fraction of sp³-hybridized carbons (Fsp3) is 0.600. The number of esters is 1. The van der Waals surface area contributed by atoms with Crippen molar-refractivity contribution in [1.82, 2.24) is 9.55 Å². The Kier molecular flexibility index (Phi) is 2.20. The number of carbonyl (C=O) groups is 1. The molecule has 3 rings (SSSR count). The molecule has 0 aromatic carbocycles. The van der Waals surface area contributed by atoms with E-state index in [0.29, 0.717) is 12.6 Å². The second-order valence-corrected chi connectivity index (χ2v) is 5.08. The van der Waals surface area contributed by atoms with Crippen LogP contribution in [0.5, 0.6) is 0 Å². The average Bonchev–Trinajstić information content (AvgIpc) is 2.85. The Hall–Kier alpha value is -0.970. The van der Waals surface area contributed by atoms with Gasteiger partial charge in [-0.05, 0) is 12.8 Å². The fourth-order valence-electron chi connectivity index (χ4n) is 1.73. The quantitative estimate of drug-likeness (QED) is 0.732. The van der Waals surface area contributed by atoms with Crippen molar-refractivity contribution in [2.24, 2.45) is 0 Å². The number of aromatic nitrogens is 2. The van der Waals surface area contributed by atoms with Crippen LogP contribution in [0.3, 0.4) is 0 Å². The van der Waals surface area contributed by atoms with Crippen LogP contribution in [0.2, 0.25) is 0 Å². The summed E-state index contributed by atoms with van der Waals surface area (Å²) in [6, 6.07) is 0.618. The molecule has 0 radical (unpaired) electrons. The lowest BCUT2D eigenvalue weighted by Crippen LogP contribution is -2.10. The molecule has 4 nitrogen and oxygen atoms in total. The number of hydrogen-bond acceptors (Lipinski definition) is 4. The largest absolute Gasteiger partial charge is 0.465 e. The maximum absolute atomic E-state index is 11.3. The minimum Gasteiger partial charge on any atom is -0.465 e. The molecule has 0 spiro atoms. The summed E-state index contributed by atoms with van der Waals surface area (Å²) in [6.45, 7) is 0.556. The fourth-order valence-corrected chi connectivity index (χ4v) is 2.82. The Morgan fingerprint density at radius 2 is 2.33 bits per heavy atom. The van der Waals surface area contributed by atoms with E-state index < -0.39 is 0 Å². The van der Waals surface area contributed by atoms with Crippen LogP contribution < -0.4 is 0 Å². The standard InChI is InChI=1S/C10H12N2O2S/c13-9-8(3-6-14-9)15-10-11-4-5-12(10)7-1-2-7/h4-5,7-8H,1-3,6H2/t8-/m0/s1. The molecule has 1 atom stereocenters. The summed E-state index contributed by atoms with van der Waals surface area (Å²) in [7, 11) is 0. The van der Waals surface area contributed by atoms with Gasteiger partial charge in [-0.2, -0.15) is 0 Å². The van der Waals surface area contributed by atoms with Crippen LogP contribution in [0.25, 0.3) is 0 Å². The Balaban J connectivity index is 1.75. The van der Waals surface area contributed by atoms with Crippen LogP contribution >= 0.6 is 11.8 Å². The molecule has 5 heteroatoms. The summed E-state index contributed by atoms with van der Waals surface area (Å²) in [6.07, 6.45) is 7.08. The van der Waals surface area contributed by atoms with Gasteiger partial charge in [0.1, 0.15) is 5.25 Å². The normalized spacial score (nSPS) is 25.6. The molecule has 0 unspecified atom stereocenters. The molecule has 15 heavy (non-hydrogen) atoms. The highest BCUT2D eigenvalue weighted by Crippen LogP contribution is 2.39. The topological polar surface area (TPSA) is 44.1 Å². The number of thioether (sulfide) groups is 1. The van der Waals surface area contributed by atoms with E-state index in [1.165, 1.54) is 24.6 Å². The summed E-state index contributed by atoms with van der Waals surface area (Å²) >= 11 is 1.54. The van der Waals surface area contributed by atoms with Crippen LogP contribution in [0.15, 0.2) is 17.6 Å². The Morgan fingerprint density at radius 1 is 1.47 bits per heavy atom. The number of rotatable bonds is 3. The van der Waals surface area contributed by atoms with Gasteiger partial charge in [0.15, 0.2) is 5.16 Å². The number of imidazole rings is 1. The van der Waals surface area contributed by atoms with Crippen LogP contribution in [0.1, 0.15) is 25.3 Å². The average molecular weight is 224 g/mol. The second-order valence-electron chi connectivity index (χ2n) is 3.91. The highest BCUT2D eigenvalue weighted by atomic mass is 32.2. The first kappa shape index (κ1) is 9.27. The van der Waals surface area contributed by atoms with Crippen molar-refractivity contribution in [3.05, 3.63) is 12.4 Å². The monoisotopic (exact) mass is 224 g/mol.